The van der Waals surface area contributed by atoms with Gasteiger partial charge in [0.25, 0.3) is 0 Å². The number of hydrogen-bond donors (Lipinski definition) is 3. The fraction of sp³-hybridized carbons (Fsp3) is 0.586. The van der Waals surface area contributed by atoms with Gasteiger partial charge in [-0.3, -0.25) is 9.47 Å². The first-order valence-electron chi connectivity index (χ1n) is 12.9. The molecule has 5 N–H and O–H groups in total. The molecule has 2 rings (SSSR count). The summed E-state index contributed by atoms with van der Waals surface area (Å²) >= 11 is -3.93. The van der Waals surface area contributed by atoms with Gasteiger partial charge in [-0.25, -0.2) is 13.7 Å². The van der Waals surface area contributed by atoms with Gasteiger partial charge in [-0.05, 0) is 57.9 Å². The molecule has 1 atom stereocenters. The maximum Gasteiger partial charge on any atom is 1.00 e. The van der Waals surface area contributed by atoms with Crippen LogP contribution in [-0.4, -0.2) is 49.8 Å². The smallest absolute Gasteiger partial charge is 0.766 e. The molecular weight excluding hydrogens is 875 g/mol. The first kappa shape index (κ1) is 66.5. The third-order valence-electron chi connectivity index (χ3n) is 5.78. The summed E-state index contributed by atoms with van der Waals surface area (Å²) in [5.41, 5.74) is -14.2. The molecule has 0 heterocycles. The first-order chi connectivity index (χ1) is 22.9. The Morgan fingerprint density at radius 2 is 0.877 bits per heavy atom. The van der Waals surface area contributed by atoms with Gasteiger partial charge in [0.05, 0.1) is 22.2 Å². The van der Waals surface area contributed by atoms with Crippen molar-refractivity contribution < 1.29 is 136 Å². The molecule has 0 aliphatic rings. The normalized spacial score (nSPS) is 13.2. The number of hydrogen-bond acceptors (Lipinski definition) is 6. The molecular formula is C29H37F20N2NaO4S. The van der Waals surface area contributed by atoms with Crippen LogP contribution >= 0.6 is 0 Å². The van der Waals surface area contributed by atoms with E-state index in [1.165, 1.54) is 6.92 Å². The van der Waals surface area contributed by atoms with Crippen molar-refractivity contribution in [3.05, 3.63) is 58.1 Å². The standard InChI is InChI=1S/C11H7F10N.C10H8F7N.C4H10O2.CHF3O2S.3CH4.Na/c1-4-2-5(3-6(7(4)22)9(13,14)15)8(12,10(16,17)18)11(19,20)21;1-5-4-6(2-3-7(5)18)8(11,9(12,13)14)10(15,16)17;1-4(2,3)6-5;2-1(3,4)7(5)6;;;;/h2-3H,22H2,1H3;2-4H,18H2,1H3;5H,1-3H3;(H,5,6);3*1H4;/q;;;;;;;+1/p-1. The van der Waals surface area contributed by atoms with Gasteiger partial charge in [0.2, 0.25) is 0 Å². The van der Waals surface area contributed by atoms with Gasteiger partial charge in [-0.15, -0.1) is 0 Å². The van der Waals surface area contributed by atoms with Crippen molar-refractivity contribution in [3.63, 3.8) is 0 Å². The Kier molecular flexibility index (Phi) is 26.0. The van der Waals surface area contributed by atoms with Gasteiger partial charge < -0.3 is 16.0 Å². The zero-order valence-electron chi connectivity index (χ0n) is 27.7. The third kappa shape index (κ3) is 17.8. The predicted molar refractivity (Wildman–Crippen MR) is 165 cm³/mol. The number of nitrogens with two attached hydrogens (primary N) is 2. The molecule has 334 valence electrons. The zero-order chi connectivity index (χ0) is 43.4. The molecule has 6 nitrogen and oxygen atoms in total. The van der Waals surface area contributed by atoms with Crippen molar-refractivity contribution in [2.24, 2.45) is 0 Å². The topological polar surface area (TPSA) is 122 Å². The molecule has 0 aromatic heterocycles. The first-order valence-corrected chi connectivity index (χ1v) is 14.0. The number of benzene rings is 2. The second-order valence-electron chi connectivity index (χ2n) is 11.0. The monoisotopic (exact) mass is 912 g/mol. The number of halogens is 20. The Labute approximate surface area is 337 Å². The molecule has 1 unspecified atom stereocenters. The number of rotatable bonds is 2. The van der Waals surface area contributed by atoms with Crippen molar-refractivity contribution in [2.75, 3.05) is 11.5 Å². The van der Waals surface area contributed by atoms with Crippen LogP contribution in [0.4, 0.5) is 99.2 Å². The summed E-state index contributed by atoms with van der Waals surface area (Å²) in [6, 6.07) is 1.03. The fourth-order valence-electron chi connectivity index (χ4n) is 3.10. The van der Waals surface area contributed by atoms with Crippen LogP contribution in [0.2, 0.25) is 0 Å². The molecule has 0 spiro atoms. The van der Waals surface area contributed by atoms with E-state index in [1.807, 2.05) is 0 Å². The van der Waals surface area contributed by atoms with Gasteiger partial charge in [-0.2, -0.15) is 79.0 Å². The van der Waals surface area contributed by atoms with Crippen LogP contribution in [0.25, 0.3) is 0 Å². The van der Waals surface area contributed by atoms with E-state index < -0.39 is 98.4 Å². The molecule has 2 aromatic carbocycles. The summed E-state index contributed by atoms with van der Waals surface area (Å²) in [6.07, 6.45) is -30.6. The Balaban J connectivity index is -0.000000167. The SMILES string of the molecule is C.C.C.CC(C)(C)OO.Cc1cc(C(F)(C(F)(F)F)C(F)(F)F)cc(C(F)(F)F)c1N.Cc1cc(C(F)(C(F)(F)F)C(F)(F)F)ccc1N.O=S([O-])C(F)(F)F.[Na+]. The molecule has 0 radical (unpaired) electrons. The number of anilines is 2. The van der Waals surface area contributed by atoms with Crippen LogP contribution in [0.1, 0.15) is 70.9 Å². The van der Waals surface area contributed by atoms with Crippen LogP contribution in [0.15, 0.2) is 30.3 Å². The molecule has 0 saturated heterocycles. The maximum absolute atomic E-state index is 13.8. The van der Waals surface area contributed by atoms with Gasteiger partial charge in [-0.1, -0.05) is 40.5 Å². The van der Waals surface area contributed by atoms with Crippen molar-refractivity contribution in [2.45, 2.75) is 110 Å². The minimum absolute atomic E-state index is 0. The second kappa shape index (κ2) is 22.3. The van der Waals surface area contributed by atoms with Crippen molar-refractivity contribution in [1.82, 2.24) is 0 Å². The maximum atomic E-state index is 13.8. The van der Waals surface area contributed by atoms with Gasteiger partial charge in [0, 0.05) is 22.5 Å². The van der Waals surface area contributed by atoms with Crippen LogP contribution in [0.3, 0.4) is 0 Å². The molecule has 0 amide bonds. The van der Waals surface area contributed by atoms with E-state index in [2.05, 4.69) is 4.89 Å². The summed E-state index contributed by atoms with van der Waals surface area (Å²) < 4.78 is 264. The van der Waals surface area contributed by atoms with E-state index in [-0.39, 0.29) is 69.2 Å². The van der Waals surface area contributed by atoms with Gasteiger partial charge in [0.1, 0.15) is 0 Å². The van der Waals surface area contributed by atoms with Crippen LogP contribution in [0, 0.1) is 13.8 Å². The summed E-state index contributed by atoms with van der Waals surface area (Å²) in [5, 5.41) is 7.90. The van der Waals surface area contributed by atoms with Crippen molar-refractivity contribution in [3.8, 4) is 0 Å². The predicted octanol–water partition coefficient (Wildman–Crippen LogP) is 9.32. The minimum atomic E-state index is -6.50. The molecule has 0 aliphatic carbocycles. The fourth-order valence-corrected chi connectivity index (χ4v) is 3.10. The molecule has 28 heteroatoms. The molecule has 57 heavy (non-hydrogen) atoms. The Morgan fingerprint density at radius 1 is 0.596 bits per heavy atom. The summed E-state index contributed by atoms with van der Waals surface area (Å²) in [4.78, 5) is 3.94. The average Bonchev–Trinajstić information content (AvgIpc) is 2.92. The van der Waals surface area contributed by atoms with Gasteiger partial charge in [0.15, 0.2) is 0 Å². The Bertz CT molecular complexity index is 1500. The zero-order valence-corrected chi connectivity index (χ0v) is 30.5. The van der Waals surface area contributed by atoms with Crippen LogP contribution < -0.4 is 41.0 Å². The Hall–Kier alpha value is -2.33. The number of alkyl halides is 20. The van der Waals surface area contributed by atoms with Crippen LogP contribution in [0.5, 0.6) is 0 Å². The Morgan fingerprint density at radius 3 is 1.11 bits per heavy atom. The van der Waals surface area contributed by atoms with E-state index in [0.717, 1.165) is 13.0 Å². The average molecular weight is 913 g/mol. The quantitative estimate of drug-likeness (QED) is 0.0690. The van der Waals surface area contributed by atoms with E-state index >= 15 is 0 Å². The van der Waals surface area contributed by atoms with Crippen molar-refractivity contribution >= 4 is 22.5 Å². The molecule has 0 bridgehead atoms. The number of aryl methyl sites for hydroxylation is 2. The van der Waals surface area contributed by atoms with E-state index in [9.17, 15) is 87.8 Å². The second-order valence-corrected chi connectivity index (χ2v) is 11.9. The molecule has 0 fully saturated rings. The summed E-state index contributed by atoms with van der Waals surface area (Å²) in [7, 11) is 0. The summed E-state index contributed by atoms with van der Waals surface area (Å²) in [6.45, 7) is 7.24. The van der Waals surface area contributed by atoms with Crippen molar-refractivity contribution in [1.29, 1.82) is 0 Å². The molecule has 2 aromatic rings. The van der Waals surface area contributed by atoms with Crippen LogP contribution in [-0.2, 0) is 33.5 Å². The largest absolute Gasteiger partial charge is 1.00 e. The molecule has 0 aliphatic heterocycles. The molecule has 0 saturated carbocycles. The summed E-state index contributed by atoms with van der Waals surface area (Å²) in [5.74, 6) is 0. The third-order valence-corrected chi connectivity index (χ3v) is 6.16. The number of nitrogen functional groups attached to an aromatic ring is 2. The van der Waals surface area contributed by atoms with E-state index in [4.69, 9.17) is 25.5 Å². The van der Waals surface area contributed by atoms with E-state index in [0.29, 0.717) is 12.1 Å². The minimum Gasteiger partial charge on any atom is -0.766 e. The van der Waals surface area contributed by atoms with Gasteiger partial charge >= 0.3 is 77.3 Å². The van der Waals surface area contributed by atoms with E-state index in [1.54, 1.807) is 20.8 Å².